The Morgan fingerprint density at radius 1 is 1.12 bits per heavy atom. The van der Waals surface area contributed by atoms with Crippen molar-refractivity contribution in [3.05, 3.63) is 64.9 Å². The number of carbonyl (C=O) groups excluding carboxylic acids is 1. The van der Waals surface area contributed by atoms with Gasteiger partial charge >= 0.3 is 0 Å². The van der Waals surface area contributed by atoms with Crippen LogP contribution in [0.15, 0.2) is 59.2 Å². The fraction of sp³-hybridized carbons (Fsp3) is 0.357. The second-order valence-electron chi connectivity index (χ2n) is 9.67. The molecule has 0 radical (unpaired) electrons. The summed E-state index contributed by atoms with van der Waals surface area (Å²) in [4.78, 5) is 17.7. The van der Waals surface area contributed by atoms with E-state index < -0.39 is 0 Å². The minimum Gasteiger partial charge on any atom is -0.324 e. The monoisotopic (exact) mass is 440 g/mol. The molecule has 2 aromatic heterocycles. The molecule has 170 valence electrons. The molecule has 1 saturated carbocycles. The molecule has 2 N–H and O–H groups in total. The maximum absolute atomic E-state index is 12.8. The van der Waals surface area contributed by atoms with E-state index in [0.29, 0.717) is 6.54 Å². The number of fused-ring (bicyclic) bond motifs is 3. The van der Waals surface area contributed by atoms with Gasteiger partial charge in [-0.3, -0.25) is 9.36 Å². The van der Waals surface area contributed by atoms with Crippen molar-refractivity contribution in [1.82, 2.24) is 14.9 Å². The number of nitrogens with one attached hydrogen (secondary N) is 2. The Kier molecular flexibility index (Phi) is 5.67. The van der Waals surface area contributed by atoms with E-state index >= 15 is 0 Å². The molecule has 0 unspecified atom stereocenters. The number of anilines is 1. The molecule has 0 saturated heterocycles. The zero-order valence-electron chi connectivity index (χ0n) is 20.0. The summed E-state index contributed by atoms with van der Waals surface area (Å²) >= 11 is 0. The lowest BCUT2D eigenvalue weighted by Gasteiger charge is -2.15. The number of aromatic nitrogens is 2. The van der Waals surface area contributed by atoms with Crippen LogP contribution in [-0.4, -0.2) is 28.5 Å². The molecule has 0 bridgehead atoms. The topological polar surface area (TPSA) is 59.0 Å². The third kappa shape index (κ3) is 4.38. The number of pyridine rings is 1. The fourth-order valence-corrected chi connectivity index (χ4v) is 4.92. The normalized spacial score (nSPS) is 16.7. The van der Waals surface area contributed by atoms with E-state index in [1.807, 2.05) is 13.0 Å². The van der Waals surface area contributed by atoms with Crippen LogP contribution in [0, 0.1) is 12.8 Å². The van der Waals surface area contributed by atoms with Crippen molar-refractivity contribution < 1.29 is 4.79 Å². The summed E-state index contributed by atoms with van der Waals surface area (Å²) in [7, 11) is 0. The Morgan fingerprint density at radius 3 is 2.70 bits per heavy atom. The number of nitrogens with zero attached hydrogens (tertiary/aromatic N) is 2. The molecule has 1 aromatic carbocycles. The number of rotatable bonds is 6. The highest BCUT2D eigenvalue weighted by Gasteiger charge is 2.22. The molecule has 5 heteroatoms. The number of amides is 1. The molecule has 2 aliphatic rings. The van der Waals surface area contributed by atoms with Gasteiger partial charge in [-0.1, -0.05) is 41.5 Å². The quantitative estimate of drug-likeness (QED) is 0.497. The van der Waals surface area contributed by atoms with Crippen LogP contribution in [0.3, 0.4) is 0 Å². The largest absolute Gasteiger partial charge is 0.324 e. The number of para-hydroxylation sites is 1. The summed E-state index contributed by atoms with van der Waals surface area (Å²) in [6.07, 6.45) is 7.91. The molecule has 5 nitrogen and oxygen atoms in total. The Labute approximate surface area is 195 Å². The standard InChI is InChI=1S/C28H32N4O/c1-17-11-18(2)13-25(19(3)12-17)32-24-8-6-5-7-22(24)27-23(14-20(4)30-28(27)32)31-26(33)16-29-15-21-9-10-21/h5-8,11-12,14,21,29H,9-10,13,15-16H2,1-4H3,(H,30,31,33). The van der Waals surface area contributed by atoms with E-state index in [9.17, 15) is 4.79 Å². The van der Waals surface area contributed by atoms with E-state index in [0.717, 1.165) is 52.2 Å². The minimum absolute atomic E-state index is 0.0124. The zero-order chi connectivity index (χ0) is 23.1. The van der Waals surface area contributed by atoms with Gasteiger partial charge in [0.1, 0.15) is 5.65 Å². The average Bonchev–Trinajstić information content (AvgIpc) is 3.53. The lowest BCUT2D eigenvalue weighted by molar-refractivity contribution is -0.115. The second kappa shape index (κ2) is 8.64. The van der Waals surface area contributed by atoms with E-state index in [-0.39, 0.29) is 5.91 Å². The van der Waals surface area contributed by atoms with Crippen LogP contribution in [-0.2, 0) is 4.79 Å². The first-order valence-electron chi connectivity index (χ1n) is 11.9. The van der Waals surface area contributed by atoms with Crippen molar-refractivity contribution in [1.29, 1.82) is 0 Å². The summed E-state index contributed by atoms with van der Waals surface area (Å²) in [6.45, 7) is 9.75. The maximum atomic E-state index is 12.8. The van der Waals surface area contributed by atoms with Crippen LogP contribution in [0.25, 0.3) is 27.6 Å². The van der Waals surface area contributed by atoms with Gasteiger partial charge in [0.05, 0.1) is 23.1 Å². The summed E-state index contributed by atoms with van der Waals surface area (Å²) in [5.41, 5.74) is 8.78. The summed E-state index contributed by atoms with van der Waals surface area (Å²) in [5, 5.41) is 8.57. The lowest BCUT2D eigenvalue weighted by atomic mass is 10.1. The fourth-order valence-electron chi connectivity index (χ4n) is 4.92. The molecule has 3 aromatic rings. The maximum Gasteiger partial charge on any atom is 0.238 e. The number of aryl methyl sites for hydroxylation is 1. The highest BCUT2D eigenvalue weighted by Crippen LogP contribution is 2.38. The first-order chi connectivity index (χ1) is 15.9. The van der Waals surface area contributed by atoms with Crippen LogP contribution in [0.2, 0.25) is 0 Å². The highest BCUT2D eigenvalue weighted by atomic mass is 16.1. The van der Waals surface area contributed by atoms with Crippen molar-refractivity contribution in [3.63, 3.8) is 0 Å². The van der Waals surface area contributed by atoms with E-state index in [1.54, 1.807) is 0 Å². The first-order valence-corrected chi connectivity index (χ1v) is 11.9. The first kappa shape index (κ1) is 21.7. The van der Waals surface area contributed by atoms with Crippen molar-refractivity contribution in [2.45, 2.75) is 47.0 Å². The zero-order valence-corrected chi connectivity index (χ0v) is 20.0. The van der Waals surface area contributed by atoms with Gasteiger partial charge in [-0.05, 0) is 70.7 Å². The number of hydrogen-bond donors (Lipinski definition) is 2. The minimum atomic E-state index is -0.0124. The van der Waals surface area contributed by atoms with Crippen LogP contribution < -0.4 is 10.6 Å². The molecule has 0 aliphatic heterocycles. The van der Waals surface area contributed by atoms with Gasteiger partial charge in [0, 0.05) is 23.2 Å². The molecule has 0 atom stereocenters. The highest BCUT2D eigenvalue weighted by molar-refractivity contribution is 6.16. The van der Waals surface area contributed by atoms with Crippen LogP contribution in [0.1, 0.15) is 45.7 Å². The molecule has 1 fully saturated rings. The van der Waals surface area contributed by atoms with E-state index in [4.69, 9.17) is 4.98 Å². The van der Waals surface area contributed by atoms with Gasteiger partial charge in [-0.2, -0.15) is 0 Å². The van der Waals surface area contributed by atoms with E-state index in [2.05, 4.69) is 72.4 Å². The molecule has 33 heavy (non-hydrogen) atoms. The van der Waals surface area contributed by atoms with Gasteiger partial charge in [-0.15, -0.1) is 0 Å². The number of hydrogen-bond acceptors (Lipinski definition) is 3. The van der Waals surface area contributed by atoms with Crippen molar-refractivity contribution in [3.8, 4) is 0 Å². The van der Waals surface area contributed by atoms with Gasteiger partial charge in [0.15, 0.2) is 0 Å². The van der Waals surface area contributed by atoms with Crippen molar-refractivity contribution in [2.75, 3.05) is 18.4 Å². The molecule has 1 amide bonds. The average molecular weight is 441 g/mol. The Hall–Kier alpha value is -3.18. The number of allylic oxidation sites excluding steroid dienone is 6. The predicted octanol–water partition coefficient (Wildman–Crippen LogP) is 5.96. The third-order valence-corrected chi connectivity index (χ3v) is 6.53. The SMILES string of the molecule is CC1=CC(C)=C(n2c3ccccc3c3c(NC(=O)CNCC4CC4)cc(C)nc32)CC(C)=C1. The summed E-state index contributed by atoms with van der Waals surface area (Å²) in [6, 6.07) is 10.4. The third-order valence-electron chi connectivity index (χ3n) is 6.53. The van der Waals surface area contributed by atoms with Crippen molar-refractivity contribution >= 4 is 39.2 Å². The van der Waals surface area contributed by atoms with Gasteiger partial charge in [0.25, 0.3) is 0 Å². The molecular formula is C28H32N4O. The van der Waals surface area contributed by atoms with Gasteiger partial charge in [-0.25, -0.2) is 4.98 Å². The molecule has 2 aliphatic carbocycles. The second-order valence-corrected chi connectivity index (χ2v) is 9.67. The molecule has 0 spiro atoms. The summed E-state index contributed by atoms with van der Waals surface area (Å²) < 4.78 is 2.29. The number of carbonyl (C=O) groups is 1. The lowest BCUT2D eigenvalue weighted by Crippen LogP contribution is -2.29. The van der Waals surface area contributed by atoms with Crippen molar-refractivity contribution in [2.24, 2.45) is 5.92 Å². The van der Waals surface area contributed by atoms with Gasteiger partial charge < -0.3 is 10.6 Å². The Balaban J connectivity index is 1.64. The molecule has 5 rings (SSSR count). The Morgan fingerprint density at radius 2 is 1.91 bits per heavy atom. The number of benzene rings is 1. The Bertz CT molecular complexity index is 1350. The van der Waals surface area contributed by atoms with E-state index in [1.165, 1.54) is 35.3 Å². The smallest absolute Gasteiger partial charge is 0.238 e. The van der Waals surface area contributed by atoms with Gasteiger partial charge in [0.2, 0.25) is 5.91 Å². The molecular weight excluding hydrogens is 408 g/mol. The van der Waals surface area contributed by atoms with Crippen LogP contribution in [0.4, 0.5) is 5.69 Å². The summed E-state index contributed by atoms with van der Waals surface area (Å²) in [5.74, 6) is 0.735. The predicted molar refractivity (Wildman–Crippen MR) is 137 cm³/mol. The van der Waals surface area contributed by atoms with Crippen LogP contribution >= 0.6 is 0 Å². The molecule has 2 heterocycles. The van der Waals surface area contributed by atoms with Crippen LogP contribution in [0.5, 0.6) is 0 Å².